The Bertz CT molecular complexity index is 832. The zero-order chi connectivity index (χ0) is 17.3. The van der Waals surface area contributed by atoms with E-state index in [1.165, 1.54) is 0 Å². The Morgan fingerprint density at radius 2 is 2.04 bits per heavy atom. The van der Waals surface area contributed by atoms with E-state index in [4.69, 9.17) is 0 Å². The first-order valence-electron chi connectivity index (χ1n) is 7.66. The zero-order valence-electron chi connectivity index (χ0n) is 13.5. The number of benzene rings is 1. The van der Waals surface area contributed by atoms with Gasteiger partial charge in [0.05, 0.1) is 11.3 Å². The van der Waals surface area contributed by atoms with Crippen LogP contribution in [0.5, 0.6) is 5.75 Å². The Kier molecular flexibility index (Phi) is 4.48. The van der Waals surface area contributed by atoms with Crippen LogP contribution in [0.15, 0.2) is 24.3 Å². The second-order valence-electron chi connectivity index (χ2n) is 6.46. The van der Waals surface area contributed by atoms with Crippen molar-refractivity contribution in [2.45, 2.75) is 38.3 Å². The number of hydrogen-bond donors (Lipinski definition) is 3. The number of aliphatic hydroxyl groups is 1. The lowest BCUT2D eigenvalue weighted by Gasteiger charge is -2.41. The molecule has 6 heteroatoms. The summed E-state index contributed by atoms with van der Waals surface area (Å²) in [6.45, 7) is 3.76. The summed E-state index contributed by atoms with van der Waals surface area (Å²) in [5, 5.41) is 31.7. The van der Waals surface area contributed by atoms with E-state index in [1.54, 1.807) is 12.1 Å². The van der Waals surface area contributed by atoms with Crippen LogP contribution in [0.3, 0.4) is 0 Å². The molecule has 0 atom stereocenters. The number of anilines is 1. The van der Waals surface area contributed by atoms with Gasteiger partial charge in [-0.1, -0.05) is 5.92 Å². The van der Waals surface area contributed by atoms with Crippen LogP contribution in [0, 0.1) is 17.7 Å². The van der Waals surface area contributed by atoms with Gasteiger partial charge in [-0.3, -0.25) is 0 Å². The summed E-state index contributed by atoms with van der Waals surface area (Å²) in [4.78, 5) is 2.62. The number of aryl methyl sites for hydroxylation is 1. The summed E-state index contributed by atoms with van der Waals surface area (Å²) >= 11 is 3.04. The smallest absolute Gasteiger partial charge is 0.149 e. The fourth-order valence-corrected chi connectivity index (χ4v) is 3.23. The topological polar surface area (TPSA) is 78.3 Å². The van der Waals surface area contributed by atoms with E-state index >= 15 is 0 Å². The lowest BCUT2D eigenvalue weighted by Crippen LogP contribution is -2.48. The molecular weight excluding hydrogens is 370 g/mol. The van der Waals surface area contributed by atoms with Crippen molar-refractivity contribution in [3.05, 3.63) is 35.4 Å². The number of phenolic OH excluding ortho intramolecular Hbond substituents is 1. The Morgan fingerprint density at radius 3 is 2.62 bits per heavy atom. The molecule has 0 spiro atoms. The van der Waals surface area contributed by atoms with Crippen LogP contribution in [0.1, 0.15) is 30.9 Å². The predicted octanol–water partition coefficient (Wildman–Crippen LogP) is 3.19. The fourth-order valence-electron chi connectivity index (χ4n) is 3.00. The number of halogens is 1. The monoisotopic (exact) mass is 387 g/mol. The number of aromatic hydroxyl groups is 1. The van der Waals surface area contributed by atoms with Crippen LogP contribution in [0.25, 0.3) is 11.3 Å². The number of rotatable bonds is 3. The van der Waals surface area contributed by atoms with Gasteiger partial charge in [0.15, 0.2) is 0 Å². The summed E-state index contributed by atoms with van der Waals surface area (Å²) in [6.07, 6.45) is 1.40. The highest BCUT2D eigenvalue weighted by molar-refractivity contribution is 9.12. The van der Waals surface area contributed by atoms with Gasteiger partial charge >= 0.3 is 0 Å². The van der Waals surface area contributed by atoms with Crippen LogP contribution in [0.4, 0.5) is 5.82 Å². The number of phenols is 1. The highest BCUT2D eigenvalue weighted by atomic mass is 79.9. The Morgan fingerprint density at radius 1 is 1.29 bits per heavy atom. The van der Waals surface area contributed by atoms with Gasteiger partial charge in [-0.2, -0.15) is 0 Å². The quantitative estimate of drug-likeness (QED) is 0.704. The first-order valence-corrected chi connectivity index (χ1v) is 8.45. The molecule has 0 saturated heterocycles. The molecule has 3 rings (SSSR count). The van der Waals surface area contributed by atoms with E-state index in [0.717, 1.165) is 5.56 Å². The summed E-state index contributed by atoms with van der Waals surface area (Å²) in [5.41, 5.74) is 2.31. The van der Waals surface area contributed by atoms with Gasteiger partial charge in [0, 0.05) is 33.1 Å². The maximum Gasteiger partial charge on any atom is 0.149 e. The van der Waals surface area contributed by atoms with Gasteiger partial charge in [0.1, 0.15) is 11.6 Å². The molecule has 24 heavy (non-hydrogen) atoms. The molecule has 0 amide bonds. The molecule has 1 saturated carbocycles. The molecule has 0 unspecified atom stereocenters. The number of aromatic nitrogens is 2. The molecule has 1 aromatic heterocycles. The van der Waals surface area contributed by atoms with Gasteiger partial charge in [-0.15, -0.1) is 10.2 Å². The minimum Gasteiger partial charge on any atom is -0.507 e. The Hall–Kier alpha value is -2.10. The third-order valence-corrected chi connectivity index (χ3v) is 4.35. The first kappa shape index (κ1) is 16.7. The molecular formula is C18H18BrN3O2. The minimum absolute atomic E-state index is 0.121. The predicted molar refractivity (Wildman–Crippen MR) is 96.9 cm³/mol. The van der Waals surface area contributed by atoms with Gasteiger partial charge in [0.2, 0.25) is 0 Å². The number of hydrogen-bond acceptors (Lipinski definition) is 5. The second-order valence-corrected chi connectivity index (χ2v) is 6.86. The maximum atomic E-state index is 10.2. The van der Waals surface area contributed by atoms with E-state index in [-0.39, 0.29) is 11.8 Å². The Balaban J connectivity index is 1.81. The second kappa shape index (κ2) is 6.42. The molecule has 0 aliphatic heterocycles. The molecule has 2 aromatic rings. The largest absolute Gasteiger partial charge is 0.507 e. The van der Waals surface area contributed by atoms with E-state index in [9.17, 15) is 10.2 Å². The molecule has 1 aliphatic rings. The van der Waals surface area contributed by atoms with Gasteiger partial charge < -0.3 is 15.5 Å². The SMILES string of the molecule is Cc1cc(NC2CC(C)(O)C2)nnc1-c1ccc(C#CBr)cc1O. The highest BCUT2D eigenvalue weighted by Crippen LogP contribution is 2.34. The lowest BCUT2D eigenvalue weighted by atomic mass is 9.77. The standard InChI is InChI=1S/C18H18BrN3O2/c1-11-7-16(20-13-9-18(2,24)10-13)21-22-17(11)14-4-3-12(5-6-19)8-15(14)23/h3-4,7-8,13,23-24H,9-10H2,1-2H3,(H,20,21). The van der Waals surface area contributed by atoms with Crippen LogP contribution < -0.4 is 5.32 Å². The summed E-state index contributed by atoms with van der Waals surface area (Å²) in [5.74, 6) is 3.63. The molecule has 1 aliphatic carbocycles. The van der Waals surface area contributed by atoms with E-state index in [1.807, 2.05) is 26.0 Å². The number of nitrogens with zero attached hydrogens (tertiary/aromatic N) is 2. The Labute approximate surface area is 149 Å². The van der Waals surface area contributed by atoms with Crippen molar-refractivity contribution in [1.82, 2.24) is 10.2 Å². The van der Waals surface area contributed by atoms with Crippen molar-refractivity contribution in [2.75, 3.05) is 5.32 Å². The van der Waals surface area contributed by atoms with Crippen molar-refractivity contribution >= 4 is 21.7 Å². The molecule has 1 aromatic carbocycles. The van der Waals surface area contributed by atoms with Crippen LogP contribution in [0.2, 0.25) is 0 Å². The molecule has 5 nitrogen and oxygen atoms in total. The molecule has 1 fully saturated rings. The van der Waals surface area contributed by atoms with Gasteiger partial charge in [-0.05, 0) is 61.3 Å². The molecule has 124 valence electrons. The normalized spacial score (nSPS) is 22.2. The van der Waals surface area contributed by atoms with Crippen LogP contribution >= 0.6 is 15.9 Å². The van der Waals surface area contributed by atoms with Crippen molar-refractivity contribution in [1.29, 1.82) is 0 Å². The minimum atomic E-state index is -0.578. The maximum absolute atomic E-state index is 10.2. The fraction of sp³-hybridized carbons (Fsp3) is 0.333. The summed E-state index contributed by atoms with van der Waals surface area (Å²) < 4.78 is 0. The van der Waals surface area contributed by atoms with E-state index in [0.29, 0.717) is 35.5 Å². The van der Waals surface area contributed by atoms with Crippen molar-refractivity contribution < 1.29 is 10.2 Å². The summed E-state index contributed by atoms with van der Waals surface area (Å²) in [6, 6.07) is 7.34. The van der Waals surface area contributed by atoms with Gasteiger partial charge in [0.25, 0.3) is 0 Å². The molecule has 3 N–H and O–H groups in total. The van der Waals surface area contributed by atoms with Crippen molar-refractivity contribution in [3.63, 3.8) is 0 Å². The molecule has 0 bridgehead atoms. The zero-order valence-corrected chi connectivity index (χ0v) is 15.1. The summed E-state index contributed by atoms with van der Waals surface area (Å²) in [7, 11) is 0. The van der Waals surface area contributed by atoms with Crippen molar-refractivity contribution in [2.24, 2.45) is 0 Å². The molecule has 0 radical (unpaired) electrons. The average Bonchev–Trinajstić information content (AvgIpc) is 2.47. The number of nitrogens with one attached hydrogen (secondary N) is 1. The van der Waals surface area contributed by atoms with Crippen molar-refractivity contribution in [3.8, 4) is 27.8 Å². The lowest BCUT2D eigenvalue weighted by molar-refractivity contribution is -0.0235. The third-order valence-electron chi connectivity index (χ3n) is 4.15. The first-order chi connectivity index (χ1) is 11.4. The third kappa shape index (κ3) is 3.53. The average molecular weight is 388 g/mol. The van der Waals surface area contributed by atoms with Gasteiger partial charge in [-0.25, -0.2) is 0 Å². The highest BCUT2D eigenvalue weighted by Gasteiger charge is 2.38. The van der Waals surface area contributed by atoms with E-state index < -0.39 is 5.60 Å². The van der Waals surface area contributed by atoms with Crippen LogP contribution in [-0.2, 0) is 0 Å². The van der Waals surface area contributed by atoms with E-state index in [2.05, 4.69) is 42.2 Å². The van der Waals surface area contributed by atoms with Crippen LogP contribution in [-0.4, -0.2) is 32.1 Å². The molecule has 1 heterocycles.